The number of fused-ring (bicyclic) bond motifs is 1. The van der Waals surface area contributed by atoms with Gasteiger partial charge in [0.1, 0.15) is 11.4 Å². The number of aromatic amines is 1. The first-order chi connectivity index (χ1) is 11.4. The van der Waals surface area contributed by atoms with E-state index < -0.39 is 22.8 Å². The first kappa shape index (κ1) is 16.0. The number of amides is 1. The van der Waals surface area contributed by atoms with Crippen LogP contribution in [0.3, 0.4) is 0 Å². The van der Waals surface area contributed by atoms with Crippen molar-refractivity contribution in [2.45, 2.75) is 6.92 Å². The third-order valence-corrected chi connectivity index (χ3v) is 4.24. The first-order valence-electron chi connectivity index (χ1n) is 7.47. The number of carboxylic acid groups (broad SMARTS) is 1. The van der Waals surface area contributed by atoms with Crippen molar-refractivity contribution in [2.75, 3.05) is 31.1 Å². The number of nitrogens with one attached hydrogen (secondary N) is 1. The molecule has 3 rings (SSSR count). The Hall–Kier alpha value is -2.90. The highest BCUT2D eigenvalue weighted by atomic mass is 19.1. The van der Waals surface area contributed by atoms with Gasteiger partial charge >= 0.3 is 5.97 Å². The van der Waals surface area contributed by atoms with Crippen molar-refractivity contribution in [3.63, 3.8) is 0 Å². The van der Waals surface area contributed by atoms with Crippen molar-refractivity contribution in [2.24, 2.45) is 0 Å². The number of aromatic carboxylic acids is 1. The molecule has 24 heavy (non-hydrogen) atoms. The second-order valence-corrected chi connectivity index (χ2v) is 5.68. The molecule has 0 radical (unpaired) electrons. The summed E-state index contributed by atoms with van der Waals surface area (Å²) in [5.74, 6) is -1.96. The molecule has 1 aliphatic rings. The predicted molar refractivity (Wildman–Crippen MR) is 86.0 cm³/mol. The van der Waals surface area contributed by atoms with E-state index in [0.29, 0.717) is 37.4 Å². The number of hydrogen-bond acceptors (Lipinski definition) is 4. The summed E-state index contributed by atoms with van der Waals surface area (Å²) in [5.41, 5.74) is -0.451. The molecule has 0 atom stereocenters. The minimum absolute atomic E-state index is 0.00137. The van der Waals surface area contributed by atoms with E-state index in [1.165, 1.54) is 13.0 Å². The average molecular weight is 333 g/mol. The van der Waals surface area contributed by atoms with E-state index in [1.54, 1.807) is 9.80 Å². The standard InChI is InChI=1S/C16H16FN3O4/c1-9(21)19-2-4-20(5-3-19)14-7-13-10(6-12(14)17)15(22)11(8-18-13)16(23)24/h6-8H,2-5H2,1H3,(H,18,22)(H,23,24). The molecule has 1 saturated heterocycles. The molecule has 0 saturated carbocycles. The molecular weight excluding hydrogens is 317 g/mol. The summed E-state index contributed by atoms with van der Waals surface area (Å²) in [4.78, 5) is 40.7. The van der Waals surface area contributed by atoms with Crippen LogP contribution in [0, 0.1) is 5.82 Å². The highest BCUT2D eigenvalue weighted by molar-refractivity contribution is 5.93. The Morgan fingerprint density at radius 1 is 1.21 bits per heavy atom. The number of rotatable bonds is 2. The van der Waals surface area contributed by atoms with E-state index >= 15 is 0 Å². The van der Waals surface area contributed by atoms with Gasteiger partial charge in [-0.2, -0.15) is 0 Å². The number of benzene rings is 1. The summed E-state index contributed by atoms with van der Waals surface area (Å²) < 4.78 is 14.5. The Bertz CT molecular complexity index is 885. The Morgan fingerprint density at radius 3 is 2.46 bits per heavy atom. The van der Waals surface area contributed by atoms with Gasteiger partial charge < -0.3 is 19.9 Å². The van der Waals surface area contributed by atoms with Crippen LogP contribution < -0.4 is 10.3 Å². The Balaban J connectivity index is 1.98. The highest BCUT2D eigenvalue weighted by Gasteiger charge is 2.22. The van der Waals surface area contributed by atoms with Gasteiger partial charge in [-0.05, 0) is 12.1 Å². The molecule has 126 valence electrons. The van der Waals surface area contributed by atoms with Crippen molar-refractivity contribution in [3.8, 4) is 0 Å². The van der Waals surface area contributed by atoms with Crippen molar-refractivity contribution < 1.29 is 19.1 Å². The second kappa shape index (κ2) is 5.95. The van der Waals surface area contributed by atoms with E-state index in [4.69, 9.17) is 5.11 Å². The Labute approximate surface area is 136 Å². The zero-order valence-electron chi connectivity index (χ0n) is 13.0. The summed E-state index contributed by atoms with van der Waals surface area (Å²) in [6, 6.07) is 2.56. The number of piperazine rings is 1. The largest absolute Gasteiger partial charge is 0.477 e. The number of pyridine rings is 1. The smallest absolute Gasteiger partial charge is 0.341 e. The molecule has 2 aromatic rings. The van der Waals surface area contributed by atoms with Crippen LogP contribution in [-0.4, -0.2) is 53.0 Å². The van der Waals surface area contributed by atoms with E-state index in [9.17, 15) is 18.8 Å². The van der Waals surface area contributed by atoms with Gasteiger partial charge in [-0.25, -0.2) is 9.18 Å². The number of H-pyrrole nitrogens is 1. The van der Waals surface area contributed by atoms with Gasteiger partial charge in [-0.1, -0.05) is 0 Å². The van der Waals surface area contributed by atoms with Crippen LogP contribution in [0.5, 0.6) is 0 Å². The number of carboxylic acids is 1. The number of nitrogens with zero attached hydrogens (tertiary/aromatic N) is 2. The fourth-order valence-electron chi connectivity index (χ4n) is 2.89. The van der Waals surface area contributed by atoms with Gasteiger partial charge in [0.05, 0.1) is 11.2 Å². The molecule has 1 aromatic carbocycles. The molecule has 0 unspecified atom stereocenters. The molecule has 1 aliphatic heterocycles. The minimum Gasteiger partial charge on any atom is -0.477 e. The molecule has 8 heteroatoms. The molecule has 1 amide bonds. The normalized spacial score (nSPS) is 14.9. The fourth-order valence-corrected chi connectivity index (χ4v) is 2.89. The number of hydrogen-bond donors (Lipinski definition) is 2. The second-order valence-electron chi connectivity index (χ2n) is 5.68. The topological polar surface area (TPSA) is 93.7 Å². The molecule has 7 nitrogen and oxygen atoms in total. The van der Waals surface area contributed by atoms with Crippen molar-refractivity contribution in [3.05, 3.63) is 39.9 Å². The van der Waals surface area contributed by atoms with Crippen LogP contribution in [0.25, 0.3) is 10.9 Å². The molecular formula is C16H16FN3O4. The zero-order valence-corrected chi connectivity index (χ0v) is 13.0. The summed E-state index contributed by atoms with van der Waals surface area (Å²) in [7, 11) is 0. The summed E-state index contributed by atoms with van der Waals surface area (Å²) in [6.07, 6.45) is 1.11. The average Bonchev–Trinajstić information content (AvgIpc) is 2.55. The van der Waals surface area contributed by atoms with Crippen LogP contribution in [0.4, 0.5) is 10.1 Å². The summed E-state index contributed by atoms with van der Waals surface area (Å²) in [5, 5.41) is 8.97. The number of aromatic nitrogens is 1. The molecule has 2 N–H and O–H groups in total. The zero-order chi connectivity index (χ0) is 17.4. The highest BCUT2D eigenvalue weighted by Crippen LogP contribution is 2.25. The van der Waals surface area contributed by atoms with Crippen LogP contribution in [0.1, 0.15) is 17.3 Å². The van der Waals surface area contributed by atoms with Gasteiger partial charge in [0, 0.05) is 44.7 Å². The van der Waals surface area contributed by atoms with E-state index in [-0.39, 0.29) is 11.3 Å². The van der Waals surface area contributed by atoms with Crippen molar-refractivity contribution in [1.82, 2.24) is 9.88 Å². The predicted octanol–water partition coefficient (Wildman–Crippen LogP) is 1.03. The van der Waals surface area contributed by atoms with Gasteiger partial charge in [-0.15, -0.1) is 0 Å². The van der Waals surface area contributed by atoms with E-state index in [1.807, 2.05) is 0 Å². The number of carbonyl (C=O) groups excluding carboxylic acids is 1. The molecule has 0 spiro atoms. The van der Waals surface area contributed by atoms with Crippen LogP contribution in [0.2, 0.25) is 0 Å². The fraction of sp³-hybridized carbons (Fsp3) is 0.312. The summed E-state index contributed by atoms with van der Waals surface area (Å²) >= 11 is 0. The third-order valence-electron chi connectivity index (χ3n) is 4.24. The Morgan fingerprint density at radius 2 is 1.88 bits per heavy atom. The molecule has 0 aliphatic carbocycles. The lowest BCUT2D eigenvalue weighted by Gasteiger charge is -2.35. The Kier molecular flexibility index (Phi) is 3.96. The van der Waals surface area contributed by atoms with Crippen molar-refractivity contribution >= 4 is 28.5 Å². The van der Waals surface area contributed by atoms with E-state index in [0.717, 1.165) is 12.3 Å². The maximum absolute atomic E-state index is 14.5. The minimum atomic E-state index is -1.36. The monoisotopic (exact) mass is 333 g/mol. The van der Waals surface area contributed by atoms with Crippen LogP contribution >= 0.6 is 0 Å². The number of halogens is 1. The van der Waals surface area contributed by atoms with Gasteiger partial charge in [0.15, 0.2) is 0 Å². The maximum atomic E-state index is 14.5. The number of carbonyl (C=O) groups is 2. The quantitative estimate of drug-likeness (QED) is 0.856. The van der Waals surface area contributed by atoms with E-state index in [2.05, 4.69) is 4.98 Å². The van der Waals surface area contributed by atoms with Gasteiger partial charge in [-0.3, -0.25) is 9.59 Å². The van der Waals surface area contributed by atoms with Crippen LogP contribution in [0.15, 0.2) is 23.1 Å². The summed E-state index contributed by atoms with van der Waals surface area (Å²) in [6.45, 7) is 3.47. The van der Waals surface area contributed by atoms with Crippen molar-refractivity contribution in [1.29, 1.82) is 0 Å². The lowest BCUT2D eigenvalue weighted by Crippen LogP contribution is -2.48. The molecule has 2 heterocycles. The van der Waals surface area contributed by atoms with Crippen LogP contribution in [-0.2, 0) is 4.79 Å². The maximum Gasteiger partial charge on any atom is 0.341 e. The molecule has 1 aromatic heterocycles. The molecule has 0 bridgehead atoms. The lowest BCUT2D eigenvalue weighted by atomic mass is 10.1. The SMILES string of the molecule is CC(=O)N1CCN(c2cc3[nH]cc(C(=O)O)c(=O)c3cc2F)CC1. The first-order valence-corrected chi connectivity index (χ1v) is 7.47. The van der Waals surface area contributed by atoms with Gasteiger partial charge in [0.2, 0.25) is 11.3 Å². The molecule has 1 fully saturated rings. The number of anilines is 1. The lowest BCUT2D eigenvalue weighted by molar-refractivity contribution is -0.129. The van der Waals surface area contributed by atoms with Gasteiger partial charge in [0.25, 0.3) is 0 Å². The third kappa shape index (κ3) is 2.70.